The van der Waals surface area contributed by atoms with Gasteiger partial charge in [0.05, 0.1) is 23.6 Å². The average molecular weight is 441 g/mol. The Morgan fingerprint density at radius 3 is 2.40 bits per heavy atom. The molecule has 1 saturated heterocycles. The third kappa shape index (κ3) is 4.13. The minimum atomic E-state index is -0.699. The molecule has 3 aliphatic rings. The van der Waals surface area contributed by atoms with Crippen molar-refractivity contribution in [3.8, 4) is 0 Å². The van der Waals surface area contributed by atoms with Crippen LogP contribution < -0.4 is 0 Å². The summed E-state index contributed by atoms with van der Waals surface area (Å²) in [5.41, 5.74) is -0.859. The SMILES string of the molecule is CP(C)C(C)(CC(C)(C)C)C(=O)OCCOC(=O)CC12CC3CCC1(COC2=O)C3. The molecule has 3 rings (SSSR count). The van der Waals surface area contributed by atoms with Gasteiger partial charge in [-0.15, -0.1) is 0 Å². The Balaban J connectivity index is 1.49. The highest BCUT2D eigenvalue weighted by atomic mass is 31.1. The van der Waals surface area contributed by atoms with E-state index in [0.717, 1.165) is 32.1 Å². The van der Waals surface area contributed by atoms with Crippen molar-refractivity contribution in [2.45, 2.75) is 71.4 Å². The molecule has 1 aliphatic heterocycles. The van der Waals surface area contributed by atoms with Gasteiger partial charge >= 0.3 is 17.9 Å². The van der Waals surface area contributed by atoms with Crippen LogP contribution >= 0.6 is 7.92 Å². The van der Waals surface area contributed by atoms with E-state index in [4.69, 9.17) is 14.2 Å². The second kappa shape index (κ2) is 8.07. The fourth-order valence-corrected chi connectivity index (χ4v) is 7.21. The van der Waals surface area contributed by atoms with Crippen molar-refractivity contribution in [2.75, 3.05) is 33.2 Å². The lowest BCUT2D eigenvalue weighted by Gasteiger charge is -2.37. The predicted molar refractivity (Wildman–Crippen MR) is 116 cm³/mol. The summed E-state index contributed by atoms with van der Waals surface area (Å²) >= 11 is 0. The molecule has 2 aliphatic carbocycles. The number of esters is 3. The Kier molecular flexibility index (Phi) is 6.33. The van der Waals surface area contributed by atoms with Crippen molar-refractivity contribution in [3.05, 3.63) is 0 Å². The normalized spacial score (nSPS) is 32.0. The fourth-order valence-electron chi connectivity index (χ4n) is 5.99. The second-order valence-electron chi connectivity index (χ2n) is 11.2. The van der Waals surface area contributed by atoms with Crippen LogP contribution in [0.3, 0.4) is 0 Å². The van der Waals surface area contributed by atoms with Crippen molar-refractivity contribution >= 4 is 25.8 Å². The molecule has 0 radical (unpaired) electrons. The number of hydrogen-bond acceptors (Lipinski definition) is 6. The van der Waals surface area contributed by atoms with Gasteiger partial charge in [-0.1, -0.05) is 28.7 Å². The topological polar surface area (TPSA) is 78.9 Å². The van der Waals surface area contributed by atoms with Gasteiger partial charge in [0.2, 0.25) is 0 Å². The maximum atomic E-state index is 12.8. The summed E-state index contributed by atoms with van der Waals surface area (Å²) in [6.45, 7) is 13.0. The van der Waals surface area contributed by atoms with Crippen LogP contribution in [0.1, 0.15) is 66.2 Å². The molecular formula is C23H37O6P. The molecule has 0 N–H and O–H groups in total. The third-order valence-corrected chi connectivity index (χ3v) is 9.87. The number of cyclic esters (lactones) is 1. The van der Waals surface area contributed by atoms with Crippen LogP contribution in [0.25, 0.3) is 0 Å². The molecular weight excluding hydrogens is 403 g/mol. The molecule has 0 aromatic carbocycles. The first-order valence-electron chi connectivity index (χ1n) is 11.0. The van der Waals surface area contributed by atoms with Crippen LogP contribution in [-0.4, -0.2) is 56.2 Å². The summed E-state index contributed by atoms with van der Waals surface area (Å²) in [6, 6.07) is 0. The van der Waals surface area contributed by atoms with Crippen molar-refractivity contribution < 1.29 is 28.6 Å². The number of rotatable bonds is 8. The van der Waals surface area contributed by atoms with Gasteiger partial charge in [0.15, 0.2) is 0 Å². The van der Waals surface area contributed by atoms with Crippen LogP contribution in [0, 0.1) is 22.2 Å². The van der Waals surface area contributed by atoms with Gasteiger partial charge in [0, 0.05) is 5.41 Å². The summed E-state index contributed by atoms with van der Waals surface area (Å²) in [6.07, 6.45) is 4.61. The molecule has 6 nitrogen and oxygen atoms in total. The molecule has 0 aromatic heterocycles. The summed E-state index contributed by atoms with van der Waals surface area (Å²) < 4.78 is 16.3. The summed E-state index contributed by atoms with van der Waals surface area (Å²) in [5.74, 6) is -0.340. The fraction of sp³-hybridized carbons (Fsp3) is 0.870. The lowest BCUT2D eigenvalue weighted by atomic mass is 9.63. The van der Waals surface area contributed by atoms with Crippen molar-refractivity contribution in [1.29, 1.82) is 0 Å². The van der Waals surface area contributed by atoms with E-state index in [0.29, 0.717) is 12.5 Å². The summed E-state index contributed by atoms with van der Waals surface area (Å²) in [4.78, 5) is 37.8. The first kappa shape index (κ1) is 23.5. The van der Waals surface area contributed by atoms with E-state index < -0.39 is 24.5 Å². The van der Waals surface area contributed by atoms with Gasteiger partial charge < -0.3 is 14.2 Å². The maximum absolute atomic E-state index is 12.8. The number of carbonyl (C=O) groups excluding carboxylic acids is 3. The molecule has 170 valence electrons. The molecule has 30 heavy (non-hydrogen) atoms. The van der Waals surface area contributed by atoms with E-state index in [1.807, 2.05) is 6.92 Å². The van der Waals surface area contributed by atoms with E-state index in [1.165, 1.54) is 0 Å². The van der Waals surface area contributed by atoms with E-state index >= 15 is 0 Å². The quantitative estimate of drug-likeness (QED) is 0.244. The Hall–Kier alpha value is -1.16. The molecule has 1 spiro atoms. The molecule has 1 heterocycles. The molecule has 0 amide bonds. The average Bonchev–Trinajstić information content (AvgIpc) is 3.25. The van der Waals surface area contributed by atoms with Crippen molar-refractivity contribution in [3.63, 3.8) is 0 Å². The first-order valence-corrected chi connectivity index (χ1v) is 13.2. The highest BCUT2D eigenvalue weighted by molar-refractivity contribution is 7.58. The monoisotopic (exact) mass is 440 g/mol. The number of carbonyl (C=O) groups is 3. The van der Waals surface area contributed by atoms with E-state index in [1.54, 1.807) is 0 Å². The smallest absolute Gasteiger partial charge is 0.316 e. The van der Waals surface area contributed by atoms with Crippen LogP contribution in [0.15, 0.2) is 0 Å². The predicted octanol–water partition coefficient (Wildman–Crippen LogP) is 4.13. The van der Waals surface area contributed by atoms with E-state index in [2.05, 4.69) is 34.1 Å². The van der Waals surface area contributed by atoms with Crippen LogP contribution in [0.2, 0.25) is 0 Å². The van der Waals surface area contributed by atoms with E-state index in [-0.39, 0.29) is 42.4 Å². The highest BCUT2D eigenvalue weighted by Gasteiger charge is 2.70. The summed E-state index contributed by atoms with van der Waals surface area (Å²) in [7, 11) is -0.542. The lowest BCUT2D eigenvalue weighted by molar-refractivity contribution is -0.160. The zero-order valence-corrected chi connectivity index (χ0v) is 20.2. The minimum absolute atomic E-state index is 0.0126. The number of ether oxygens (including phenoxy) is 3. The highest BCUT2D eigenvalue weighted by Crippen LogP contribution is 2.69. The van der Waals surface area contributed by atoms with Gasteiger partial charge in [0.25, 0.3) is 0 Å². The molecule has 7 heteroatoms. The van der Waals surface area contributed by atoms with E-state index in [9.17, 15) is 14.4 Å². The Labute approximate surface area is 181 Å². The molecule has 0 aromatic rings. The first-order chi connectivity index (χ1) is 13.8. The van der Waals surface area contributed by atoms with Gasteiger partial charge in [-0.2, -0.15) is 0 Å². The van der Waals surface area contributed by atoms with Crippen molar-refractivity contribution in [2.24, 2.45) is 22.2 Å². The van der Waals surface area contributed by atoms with Crippen molar-refractivity contribution in [1.82, 2.24) is 0 Å². The Morgan fingerprint density at radius 1 is 1.13 bits per heavy atom. The molecule has 2 saturated carbocycles. The standard InChI is InChI=1S/C23H37O6P/c1-20(2,3)14-21(4,30(5)6)18(25)28-10-9-27-17(24)13-23-12-16-7-8-22(23,11-16)15-29-19(23)26/h16H,7-15H2,1-6H3. The lowest BCUT2D eigenvalue weighted by Crippen LogP contribution is -2.42. The van der Waals surface area contributed by atoms with Crippen LogP contribution in [0.5, 0.6) is 0 Å². The minimum Gasteiger partial charge on any atom is -0.465 e. The maximum Gasteiger partial charge on any atom is 0.316 e. The summed E-state index contributed by atoms with van der Waals surface area (Å²) in [5, 5.41) is -0.528. The van der Waals surface area contributed by atoms with Crippen LogP contribution in [0.4, 0.5) is 0 Å². The second-order valence-corrected chi connectivity index (χ2v) is 14.0. The van der Waals surface area contributed by atoms with Gasteiger partial charge in [-0.3, -0.25) is 14.4 Å². The van der Waals surface area contributed by atoms with Gasteiger partial charge in [-0.25, -0.2) is 0 Å². The van der Waals surface area contributed by atoms with Gasteiger partial charge in [0.1, 0.15) is 13.2 Å². The zero-order valence-electron chi connectivity index (χ0n) is 19.3. The largest absolute Gasteiger partial charge is 0.465 e. The van der Waals surface area contributed by atoms with Gasteiger partial charge in [-0.05, 0) is 63.7 Å². The number of fused-ring (bicyclic) bond motifs is 1. The number of hydrogen-bond donors (Lipinski definition) is 0. The van der Waals surface area contributed by atoms with Crippen LogP contribution in [-0.2, 0) is 28.6 Å². The molecule has 4 atom stereocenters. The zero-order chi connectivity index (χ0) is 22.4. The molecule has 3 fully saturated rings. The molecule has 2 bridgehead atoms. The molecule has 4 unspecified atom stereocenters. The Bertz CT molecular complexity index is 713. The Morgan fingerprint density at radius 2 is 1.80 bits per heavy atom. The third-order valence-electron chi connectivity index (χ3n) is 7.56.